The molecular formula is C14H22FNS. The second-order valence-electron chi connectivity index (χ2n) is 4.48. The molecule has 0 spiro atoms. The molecule has 2 unspecified atom stereocenters. The molecule has 0 aromatic heterocycles. The van der Waals surface area contributed by atoms with Gasteiger partial charge in [-0.25, -0.2) is 4.39 Å². The van der Waals surface area contributed by atoms with Crippen molar-refractivity contribution in [2.45, 2.75) is 49.8 Å². The van der Waals surface area contributed by atoms with Gasteiger partial charge in [-0.2, -0.15) is 0 Å². The Morgan fingerprint density at radius 3 is 2.47 bits per heavy atom. The van der Waals surface area contributed by atoms with Gasteiger partial charge in [-0.1, -0.05) is 20.3 Å². The molecule has 1 aromatic carbocycles. The van der Waals surface area contributed by atoms with E-state index >= 15 is 0 Å². The van der Waals surface area contributed by atoms with Crippen molar-refractivity contribution in [3.05, 3.63) is 30.1 Å². The SMILES string of the molecule is CCCC(C)NCC(C)Sc1ccc(F)cc1. The van der Waals surface area contributed by atoms with Crippen LogP contribution in [0.2, 0.25) is 0 Å². The first kappa shape index (κ1) is 14.5. The van der Waals surface area contributed by atoms with E-state index in [2.05, 4.69) is 26.1 Å². The van der Waals surface area contributed by atoms with Crippen LogP contribution in [0.1, 0.15) is 33.6 Å². The van der Waals surface area contributed by atoms with Crippen molar-refractivity contribution in [3.63, 3.8) is 0 Å². The highest BCUT2D eigenvalue weighted by Gasteiger charge is 2.06. The first-order valence-corrected chi connectivity index (χ1v) is 7.15. The Labute approximate surface area is 108 Å². The molecule has 3 heteroatoms. The molecule has 0 aliphatic rings. The molecule has 1 aromatic rings. The normalized spacial score (nSPS) is 14.6. The van der Waals surface area contributed by atoms with E-state index in [1.165, 1.54) is 25.0 Å². The average Bonchev–Trinajstić information content (AvgIpc) is 2.30. The van der Waals surface area contributed by atoms with Crippen LogP contribution in [0, 0.1) is 5.82 Å². The summed E-state index contributed by atoms with van der Waals surface area (Å²) in [7, 11) is 0. The van der Waals surface area contributed by atoms with Crippen LogP contribution in [0.3, 0.4) is 0 Å². The molecule has 0 amide bonds. The first-order chi connectivity index (χ1) is 8.11. The highest BCUT2D eigenvalue weighted by atomic mass is 32.2. The minimum atomic E-state index is -0.170. The summed E-state index contributed by atoms with van der Waals surface area (Å²) in [4.78, 5) is 1.13. The van der Waals surface area contributed by atoms with Crippen LogP contribution >= 0.6 is 11.8 Å². The highest BCUT2D eigenvalue weighted by Crippen LogP contribution is 2.22. The van der Waals surface area contributed by atoms with Crippen LogP contribution in [-0.4, -0.2) is 17.8 Å². The van der Waals surface area contributed by atoms with E-state index in [1.54, 1.807) is 11.8 Å². The zero-order valence-corrected chi connectivity index (χ0v) is 11.7. The van der Waals surface area contributed by atoms with E-state index in [0.29, 0.717) is 11.3 Å². The summed E-state index contributed by atoms with van der Waals surface area (Å²) < 4.78 is 12.7. The Morgan fingerprint density at radius 1 is 1.24 bits per heavy atom. The lowest BCUT2D eigenvalue weighted by Crippen LogP contribution is -2.31. The highest BCUT2D eigenvalue weighted by molar-refractivity contribution is 8.00. The fraction of sp³-hybridized carbons (Fsp3) is 0.571. The number of thioether (sulfide) groups is 1. The molecule has 0 aliphatic carbocycles. The third kappa shape index (κ3) is 6.08. The van der Waals surface area contributed by atoms with E-state index in [0.717, 1.165) is 11.4 Å². The van der Waals surface area contributed by atoms with Gasteiger partial charge in [0.1, 0.15) is 5.82 Å². The van der Waals surface area contributed by atoms with Crippen LogP contribution in [0.25, 0.3) is 0 Å². The second-order valence-corrected chi connectivity index (χ2v) is 5.99. The molecule has 0 radical (unpaired) electrons. The summed E-state index contributed by atoms with van der Waals surface area (Å²) in [6.07, 6.45) is 2.43. The maximum absolute atomic E-state index is 12.7. The molecule has 2 atom stereocenters. The van der Waals surface area contributed by atoms with Gasteiger partial charge in [-0.3, -0.25) is 0 Å². The van der Waals surface area contributed by atoms with Crippen LogP contribution in [0.5, 0.6) is 0 Å². The van der Waals surface area contributed by atoms with Crippen LogP contribution < -0.4 is 5.32 Å². The van der Waals surface area contributed by atoms with Gasteiger partial charge in [0.2, 0.25) is 0 Å². The molecule has 17 heavy (non-hydrogen) atoms. The fourth-order valence-corrected chi connectivity index (χ4v) is 2.63. The topological polar surface area (TPSA) is 12.0 Å². The number of rotatable bonds is 7. The summed E-state index contributed by atoms with van der Waals surface area (Å²) >= 11 is 1.78. The Balaban J connectivity index is 2.29. The molecule has 1 rings (SSSR count). The third-order valence-electron chi connectivity index (χ3n) is 2.63. The number of hydrogen-bond donors (Lipinski definition) is 1. The van der Waals surface area contributed by atoms with Crippen molar-refractivity contribution in [2.24, 2.45) is 0 Å². The minimum Gasteiger partial charge on any atom is -0.313 e. The molecule has 0 bridgehead atoms. The molecular weight excluding hydrogens is 233 g/mol. The van der Waals surface area contributed by atoms with E-state index in [4.69, 9.17) is 0 Å². The smallest absolute Gasteiger partial charge is 0.123 e. The van der Waals surface area contributed by atoms with Gasteiger partial charge >= 0.3 is 0 Å². The van der Waals surface area contributed by atoms with Gasteiger partial charge in [0.25, 0.3) is 0 Å². The number of nitrogens with one attached hydrogen (secondary N) is 1. The van der Waals surface area contributed by atoms with Crippen LogP contribution in [0.15, 0.2) is 29.2 Å². The molecule has 1 N–H and O–H groups in total. The van der Waals surface area contributed by atoms with Crippen molar-refractivity contribution in [2.75, 3.05) is 6.54 Å². The average molecular weight is 255 g/mol. The van der Waals surface area contributed by atoms with Crippen molar-refractivity contribution in [3.8, 4) is 0 Å². The summed E-state index contributed by atoms with van der Waals surface area (Å²) in [6.45, 7) is 7.61. The Hall–Kier alpha value is -0.540. The summed E-state index contributed by atoms with van der Waals surface area (Å²) in [5.74, 6) is -0.170. The van der Waals surface area contributed by atoms with Crippen molar-refractivity contribution < 1.29 is 4.39 Å². The van der Waals surface area contributed by atoms with E-state index in [1.807, 2.05) is 12.1 Å². The van der Waals surface area contributed by atoms with Gasteiger partial charge in [0.05, 0.1) is 0 Å². The third-order valence-corrected chi connectivity index (χ3v) is 3.74. The van der Waals surface area contributed by atoms with Crippen molar-refractivity contribution in [1.82, 2.24) is 5.32 Å². The maximum Gasteiger partial charge on any atom is 0.123 e. The predicted octanol–water partition coefficient (Wildman–Crippen LogP) is 4.08. The van der Waals surface area contributed by atoms with Crippen molar-refractivity contribution >= 4 is 11.8 Å². The van der Waals surface area contributed by atoms with E-state index in [9.17, 15) is 4.39 Å². The van der Waals surface area contributed by atoms with Crippen molar-refractivity contribution in [1.29, 1.82) is 0 Å². The quantitative estimate of drug-likeness (QED) is 0.737. The zero-order valence-electron chi connectivity index (χ0n) is 10.9. The minimum absolute atomic E-state index is 0.170. The molecule has 96 valence electrons. The summed E-state index contributed by atoms with van der Waals surface area (Å²) in [5.41, 5.74) is 0. The van der Waals surface area contributed by atoms with Gasteiger partial charge < -0.3 is 5.32 Å². The van der Waals surface area contributed by atoms with Gasteiger partial charge in [-0.05, 0) is 37.6 Å². The van der Waals surface area contributed by atoms with Gasteiger partial charge in [0, 0.05) is 22.7 Å². The standard InChI is InChI=1S/C14H22FNS/c1-4-5-11(2)16-10-12(3)17-14-8-6-13(15)7-9-14/h6-9,11-12,16H,4-5,10H2,1-3H3. The second kappa shape index (κ2) is 7.72. The number of hydrogen-bond acceptors (Lipinski definition) is 2. The number of halogens is 1. The molecule has 0 saturated carbocycles. The summed E-state index contributed by atoms with van der Waals surface area (Å²) in [6, 6.07) is 7.29. The van der Waals surface area contributed by atoms with E-state index < -0.39 is 0 Å². The monoisotopic (exact) mass is 255 g/mol. The largest absolute Gasteiger partial charge is 0.313 e. The van der Waals surface area contributed by atoms with Gasteiger partial charge in [-0.15, -0.1) is 11.8 Å². The van der Waals surface area contributed by atoms with Gasteiger partial charge in [0.15, 0.2) is 0 Å². The molecule has 1 nitrogen and oxygen atoms in total. The Bertz CT molecular complexity index is 313. The molecule has 0 fully saturated rings. The first-order valence-electron chi connectivity index (χ1n) is 6.27. The molecule has 0 aliphatic heterocycles. The van der Waals surface area contributed by atoms with E-state index in [-0.39, 0.29) is 5.82 Å². The lowest BCUT2D eigenvalue weighted by Gasteiger charge is -2.17. The predicted molar refractivity (Wildman–Crippen MR) is 74.1 cm³/mol. The Morgan fingerprint density at radius 2 is 1.88 bits per heavy atom. The molecule has 0 heterocycles. The maximum atomic E-state index is 12.7. The lowest BCUT2D eigenvalue weighted by atomic mass is 10.2. The lowest BCUT2D eigenvalue weighted by molar-refractivity contribution is 0.511. The Kier molecular flexibility index (Phi) is 6.60. The zero-order chi connectivity index (χ0) is 12.7. The molecule has 0 saturated heterocycles. The van der Waals surface area contributed by atoms with Crippen LogP contribution in [0.4, 0.5) is 4.39 Å². The van der Waals surface area contributed by atoms with Crippen LogP contribution in [-0.2, 0) is 0 Å². The number of benzene rings is 1. The fourth-order valence-electron chi connectivity index (χ4n) is 1.69. The summed E-state index contributed by atoms with van der Waals surface area (Å²) in [5, 5.41) is 4.02.